The standard InChI is InChI=1S/C13H16F3NO/c1-9-6-10(7-9)17-11-4-2-3-5-12(11)18-8-13(14,15)16/h2-5,9-10,17H,6-8H2,1H3. The van der Waals surface area contributed by atoms with Crippen molar-refractivity contribution in [3.05, 3.63) is 24.3 Å². The van der Waals surface area contributed by atoms with E-state index in [-0.39, 0.29) is 5.75 Å². The Hall–Kier alpha value is -1.39. The molecule has 0 heterocycles. The van der Waals surface area contributed by atoms with Gasteiger partial charge >= 0.3 is 6.18 Å². The SMILES string of the molecule is CC1CC(Nc2ccccc2OCC(F)(F)F)C1. The van der Waals surface area contributed by atoms with Gasteiger partial charge in [-0.25, -0.2) is 0 Å². The lowest BCUT2D eigenvalue weighted by Gasteiger charge is -2.34. The quantitative estimate of drug-likeness (QED) is 0.887. The Bertz CT molecular complexity index is 399. The summed E-state index contributed by atoms with van der Waals surface area (Å²) in [4.78, 5) is 0. The van der Waals surface area contributed by atoms with Crippen molar-refractivity contribution >= 4 is 5.69 Å². The number of hydrogen-bond acceptors (Lipinski definition) is 2. The van der Waals surface area contributed by atoms with E-state index in [1.54, 1.807) is 24.3 Å². The summed E-state index contributed by atoms with van der Waals surface area (Å²) in [6, 6.07) is 7.09. The number of halogens is 3. The Labute approximate surface area is 104 Å². The lowest BCUT2D eigenvalue weighted by Crippen LogP contribution is -2.34. The minimum Gasteiger partial charge on any atom is -0.482 e. The van der Waals surface area contributed by atoms with Crippen LogP contribution in [-0.2, 0) is 0 Å². The number of anilines is 1. The van der Waals surface area contributed by atoms with E-state index in [0.717, 1.165) is 12.8 Å². The largest absolute Gasteiger partial charge is 0.482 e. The van der Waals surface area contributed by atoms with Crippen molar-refractivity contribution in [3.8, 4) is 5.75 Å². The van der Waals surface area contributed by atoms with Crippen molar-refractivity contribution in [2.45, 2.75) is 32.0 Å². The molecule has 0 bridgehead atoms. The smallest absolute Gasteiger partial charge is 0.422 e. The molecule has 1 aromatic rings. The van der Waals surface area contributed by atoms with Crippen LogP contribution < -0.4 is 10.1 Å². The fraction of sp³-hybridized carbons (Fsp3) is 0.538. The van der Waals surface area contributed by atoms with E-state index in [1.807, 2.05) is 0 Å². The molecule has 0 spiro atoms. The van der Waals surface area contributed by atoms with E-state index in [0.29, 0.717) is 17.6 Å². The first kappa shape index (κ1) is 13.1. The van der Waals surface area contributed by atoms with Crippen molar-refractivity contribution < 1.29 is 17.9 Å². The van der Waals surface area contributed by atoms with Gasteiger partial charge in [0.2, 0.25) is 0 Å². The third-order valence-electron chi connectivity index (χ3n) is 3.01. The summed E-state index contributed by atoms with van der Waals surface area (Å²) >= 11 is 0. The molecule has 0 aliphatic heterocycles. The highest BCUT2D eigenvalue weighted by Gasteiger charge is 2.29. The van der Waals surface area contributed by atoms with E-state index in [4.69, 9.17) is 4.74 Å². The van der Waals surface area contributed by atoms with E-state index in [1.165, 1.54) is 0 Å². The summed E-state index contributed by atoms with van der Waals surface area (Å²) < 4.78 is 41.2. The molecule has 1 saturated carbocycles. The third kappa shape index (κ3) is 3.55. The lowest BCUT2D eigenvalue weighted by molar-refractivity contribution is -0.153. The average Bonchev–Trinajstić information content (AvgIpc) is 2.25. The molecule has 18 heavy (non-hydrogen) atoms. The lowest BCUT2D eigenvalue weighted by atomic mass is 9.82. The van der Waals surface area contributed by atoms with Crippen molar-refractivity contribution in [1.29, 1.82) is 0 Å². The molecule has 1 fully saturated rings. The van der Waals surface area contributed by atoms with E-state index in [2.05, 4.69) is 12.2 Å². The van der Waals surface area contributed by atoms with Crippen LogP contribution in [0, 0.1) is 5.92 Å². The van der Waals surface area contributed by atoms with Gasteiger partial charge in [0.25, 0.3) is 0 Å². The molecule has 1 aliphatic carbocycles. The van der Waals surface area contributed by atoms with Crippen molar-refractivity contribution in [2.24, 2.45) is 5.92 Å². The van der Waals surface area contributed by atoms with E-state index >= 15 is 0 Å². The molecular weight excluding hydrogens is 243 g/mol. The zero-order chi connectivity index (χ0) is 13.2. The first-order valence-corrected chi connectivity index (χ1v) is 5.99. The second-order valence-electron chi connectivity index (χ2n) is 4.82. The average molecular weight is 259 g/mol. The van der Waals surface area contributed by atoms with E-state index < -0.39 is 12.8 Å². The molecule has 0 aromatic heterocycles. The number of ether oxygens (including phenoxy) is 1. The summed E-state index contributed by atoms with van der Waals surface area (Å²) in [6.07, 6.45) is -2.21. The van der Waals surface area contributed by atoms with Crippen LogP contribution >= 0.6 is 0 Å². The van der Waals surface area contributed by atoms with Crippen LogP contribution in [0.2, 0.25) is 0 Å². The Morgan fingerprint density at radius 3 is 2.56 bits per heavy atom. The highest BCUT2D eigenvalue weighted by atomic mass is 19.4. The fourth-order valence-electron chi connectivity index (χ4n) is 2.11. The van der Waals surface area contributed by atoms with Crippen molar-refractivity contribution in [1.82, 2.24) is 0 Å². The third-order valence-corrected chi connectivity index (χ3v) is 3.01. The van der Waals surface area contributed by atoms with Gasteiger partial charge < -0.3 is 10.1 Å². The Kier molecular flexibility index (Phi) is 3.68. The Balaban J connectivity index is 1.97. The number of hydrogen-bond donors (Lipinski definition) is 1. The number of nitrogens with one attached hydrogen (secondary N) is 1. The molecule has 100 valence electrons. The van der Waals surface area contributed by atoms with Crippen molar-refractivity contribution in [3.63, 3.8) is 0 Å². The highest BCUT2D eigenvalue weighted by molar-refractivity contribution is 5.57. The number of para-hydroxylation sites is 2. The second-order valence-corrected chi connectivity index (χ2v) is 4.82. The van der Waals surface area contributed by atoms with Crippen LogP contribution in [0.15, 0.2) is 24.3 Å². The maximum absolute atomic E-state index is 12.1. The van der Waals surface area contributed by atoms with Crippen molar-refractivity contribution in [2.75, 3.05) is 11.9 Å². The normalized spacial score (nSPS) is 23.3. The van der Waals surface area contributed by atoms with Gasteiger partial charge in [-0.3, -0.25) is 0 Å². The number of alkyl halides is 3. The van der Waals surface area contributed by atoms with Crippen LogP contribution in [0.25, 0.3) is 0 Å². The minimum absolute atomic E-state index is 0.259. The molecule has 1 aromatic carbocycles. The molecule has 0 saturated heterocycles. The maximum atomic E-state index is 12.1. The van der Waals surface area contributed by atoms with Crippen LogP contribution in [-0.4, -0.2) is 18.8 Å². The first-order chi connectivity index (χ1) is 8.44. The number of benzene rings is 1. The Morgan fingerprint density at radius 2 is 1.94 bits per heavy atom. The van der Waals surface area contributed by atoms with Gasteiger partial charge in [-0.1, -0.05) is 19.1 Å². The van der Waals surface area contributed by atoms with Crippen LogP contribution in [0.3, 0.4) is 0 Å². The zero-order valence-electron chi connectivity index (χ0n) is 10.1. The summed E-state index contributed by atoms with van der Waals surface area (Å²) in [5.41, 5.74) is 0.638. The zero-order valence-corrected chi connectivity index (χ0v) is 10.1. The van der Waals surface area contributed by atoms with Gasteiger partial charge in [0, 0.05) is 6.04 Å². The highest BCUT2D eigenvalue weighted by Crippen LogP contribution is 2.33. The summed E-state index contributed by atoms with van der Waals surface area (Å²) in [7, 11) is 0. The van der Waals surface area contributed by atoms with Gasteiger partial charge in [-0.15, -0.1) is 0 Å². The molecular formula is C13H16F3NO. The Morgan fingerprint density at radius 1 is 1.28 bits per heavy atom. The fourth-order valence-corrected chi connectivity index (χ4v) is 2.11. The molecule has 2 nitrogen and oxygen atoms in total. The molecule has 1 N–H and O–H groups in total. The van der Waals surface area contributed by atoms with Crippen LogP contribution in [0.1, 0.15) is 19.8 Å². The first-order valence-electron chi connectivity index (χ1n) is 5.99. The van der Waals surface area contributed by atoms with Gasteiger partial charge in [0.15, 0.2) is 6.61 Å². The molecule has 0 unspecified atom stereocenters. The molecule has 0 radical (unpaired) electrons. The summed E-state index contributed by atoms with van der Waals surface area (Å²) in [5.74, 6) is 0.945. The maximum Gasteiger partial charge on any atom is 0.422 e. The minimum atomic E-state index is -4.31. The topological polar surface area (TPSA) is 21.3 Å². The summed E-state index contributed by atoms with van der Waals surface area (Å²) in [6.45, 7) is 0.900. The second kappa shape index (κ2) is 5.08. The van der Waals surface area contributed by atoms with E-state index in [9.17, 15) is 13.2 Å². The monoisotopic (exact) mass is 259 g/mol. The molecule has 2 rings (SSSR count). The predicted molar refractivity (Wildman–Crippen MR) is 63.8 cm³/mol. The van der Waals surface area contributed by atoms with Crippen LogP contribution in [0.5, 0.6) is 5.75 Å². The summed E-state index contributed by atoms with van der Waals surface area (Å²) in [5, 5.41) is 3.22. The number of rotatable bonds is 4. The van der Waals surface area contributed by atoms with Gasteiger partial charge in [-0.05, 0) is 30.9 Å². The van der Waals surface area contributed by atoms with Gasteiger partial charge in [0.05, 0.1) is 5.69 Å². The molecule has 0 amide bonds. The predicted octanol–water partition coefficient (Wildman–Crippen LogP) is 3.84. The molecule has 0 atom stereocenters. The van der Waals surface area contributed by atoms with Gasteiger partial charge in [0.1, 0.15) is 5.75 Å². The van der Waals surface area contributed by atoms with Crippen LogP contribution in [0.4, 0.5) is 18.9 Å². The molecule has 5 heteroatoms. The molecule has 1 aliphatic rings. The van der Waals surface area contributed by atoms with Gasteiger partial charge in [-0.2, -0.15) is 13.2 Å².